The van der Waals surface area contributed by atoms with Gasteiger partial charge >= 0.3 is 23.8 Å². The average Bonchev–Trinajstić information content (AvgIpc) is 2.79. The Morgan fingerprint density at radius 1 is 0.844 bits per heavy atom. The van der Waals surface area contributed by atoms with Gasteiger partial charge in [-0.15, -0.1) is 0 Å². The van der Waals surface area contributed by atoms with E-state index < -0.39 is 28.7 Å². The van der Waals surface area contributed by atoms with Gasteiger partial charge in [-0.1, -0.05) is 24.3 Å². The molecule has 0 bridgehead atoms. The van der Waals surface area contributed by atoms with Crippen molar-refractivity contribution in [2.75, 3.05) is 7.11 Å². The zero-order valence-electron chi connectivity index (χ0n) is 16.5. The third-order valence-electron chi connectivity index (χ3n) is 4.28. The van der Waals surface area contributed by atoms with Crippen molar-refractivity contribution >= 4 is 23.8 Å². The number of methoxy groups -OCH3 is 1. The summed E-state index contributed by atoms with van der Waals surface area (Å²) < 4.78 is 14.2. The summed E-state index contributed by atoms with van der Waals surface area (Å²) in [4.78, 5) is 45.0. The molecule has 0 unspecified atom stereocenters. The molecule has 3 aromatic carbocycles. The van der Waals surface area contributed by atoms with E-state index in [0.717, 1.165) is 30.4 Å². The number of carbonyl (C=O) groups excluding carboxylic acids is 2. The maximum Gasteiger partial charge on any atom is 0.513 e. The molecule has 10 nitrogen and oxygen atoms in total. The SMILES string of the molecule is COC(=O)Oc1ccc(C(=O)Oc2ccc(-c3ccc(C(=O)O)cc3)cc2)cc1[N+](=O)[O-]. The van der Waals surface area contributed by atoms with Crippen LogP contribution in [0.2, 0.25) is 0 Å². The summed E-state index contributed by atoms with van der Waals surface area (Å²) in [7, 11) is 1.05. The zero-order chi connectivity index (χ0) is 23.3. The first-order valence-electron chi connectivity index (χ1n) is 8.98. The van der Waals surface area contributed by atoms with Crippen molar-refractivity contribution in [1.82, 2.24) is 0 Å². The average molecular weight is 437 g/mol. The monoisotopic (exact) mass is 437 g/mol. The highest BCUT2D eigenvalue weighted by atomic mass is 16.7. The number of carbonyl (C=O) groups is 3. The van der Waals surface area contributed by atoms with Crippen LogP contribution in [0.3, 0.4) is 0 Å². The first-order chi connectivity index (χ1) is 15.3. The number of hydrogen-bond donors (Lipinski definition) is 1. The summed E-state index contributed by atoms with van der Waals surface area (Å²) in [6, 6.07) is 15.9. The number of aromatic carboxylic acids is 1. The van der Waals surface area contributed by atoms with Crippen molar-refractivity contribution in [1.29, 1.82) is 0 Å². The lowest BCUT2D eigenvalue weighted by Crippen LogP contribution is -2.11. The second kappa shape index (κ2) is 9.39. The van der Waals surface area contributed by atoms with Crippen molar-refractivity contribution in [2.24, 2.45) is 0 Å². The van der Waals surface area contributed by atoms with E-state index in [1.807, 2.05) is 0 Å². The molecule has 0 aliphatic heterocycles. The molecule has 0 radical (unpaired) electrons. The fraction of sp³-hybridized carbons (Fsp3) is 0.0455. The predicted octanol–water partition coefficient (Wildman–Crippen LogP) is 4.32. The molecule has 0 saturated heterocycles. The molecule has 1 N–H and O–H groups in total. The summed E-state index contributed by atoms with van der Waals surface area (Å²) in [5.74, 6) is -2.06. The summed E-state index contributed by atoms with van der Waals surface area (Å²) in [6.45, 7) is 0. The lowest BCUT2D eigenvalue weighted by Gasteiger charge is -2.08. The highest BCUT2D eigenvalue weighted by Crippen LogP contribution is 2.29. The van der Waals surface area contributed by atoms with Gasteiger partial charge in [0.15, 0.2) is 0 Å². The van der Waals surface area contributed by atoms with Gasteiger partial charge in [0.1, 0.15) is 5.75 Å². The van der Waals surface area contributed by atoms with E-state index in [9.17, 15) is 24.5 Å². The third-order valence-corrected chi connectivity index (χ3v) is 4.28. The second-order valence-electron chi connectivity index (χ2n) is 6.29. The first-order valence-corrected chi connectivity index (χ1v) is 8.98. The molecule has 32 heavy (non-hydrogen) atoms. The van der Waals surface area contributed by atoms with E-state index in [-0.39, 0.29) is 22.6 Å². The molecular weight excluding hydrogens is 422 g/mol. The van der Waals surface area contributed by atoms with E-state index in [1.165, 1.54) is 30.3 Å². The molecule has 0 fully saturated rings. The van der Waals surface area contributed by atoms with E-state index in [2.05, 4.69) is 4.74 Å². The normalized spacial score (nSPS) is 10.2. The number of carboxylic acid groups (broad SMARTS) is 1. The maximum absolute atomic E-state index is 12.4. The number of hydrogen-bond acceptors (Lipinski definition) is 8. The second-order valence-corrected chi connectivity index (χ2v) is 6.29. The van der Waals surface area contributed by atoms with Crippen LogP contribution < -0.4 is 9.47 Å². The lowest BCUT2D eigenvalue weighted by atomic mass is 10.0. The minimum absolute atomic E-state index is 0.123. The highest BCUT2D eigenvalue weighted by Gasteiger charge is 2.22. The zero-order valence-corrected chi connectivity index (χ0v) is 16.5. The number of rotatable bonds is 6. The number of carboxylic acids is 1. The van der Waals surface area contributed by atoms with Gasteiger partial charge in [0.25, 0.3) is 0 Å². The molecule has 3 rings (SSSR count). The van der Waals surface area contributed by atoms with Crippen molar-refractivity contribution in [2.45, 2.75) is 0 Å². The molecule has 0 saturated carbocycles. The van der Waals surface area contributed by atoms with Crippen molar-refractivity contribution in [3.8, 4) is 22.6 Å². The molecule has 0 aromatic heterocycles. The minimum atomic E-state index is -1.14. The van der Waals surface area contributed by atoms with Crippen LogP contribution in [0.4, 0.5) is 10.5 Å². The summed E-state index contributed by atoms with van der Waals surface area (Å²) in [6.07, 6.45) is -1.14. The van der Waals surface area contributed by atoms with Crippen LogP contribution in [-0.4, -0.2) is 35.2 Å². The smallest absolute Gasteiger partial charge is 0.478 e. The van der Waals surface area contributed by atoms with Crippen molar-refractivity contribution < 1.29 is 38.6 Å². The van der Waals surface area contributed by atoms with Gasteiger partial charge in [-0.05, 0) is 47.5 Å². The Morgan fingerprint density at radius 2 is 1.41 bits per heavy atom. The number of benzene rings is 3. The molecule has 0 spiro atoms. The van der Waals surface area contributed by atoms with Gasteiger partial charge in [0.05, 0.1) is 23.2 Å². The number of nitro groups is 1. The Balaban J connectivity index is 1.75. The lowest BCUT2D eigenvalue weighted by molar-refractivity contribution is -0.385. The van der Waals surface area contributed by atoms with Crippen LogP contribution in [-0.2, 0) is 4.74 Å². The molecule has 0 heterocycles. The Bertz CT molecular complexity index is 1190. The number of nitro benzene ring substituents is 1. The van der Waals surface area contributed by atoms with Crippen LogP contribution in [0.15, 0.2) is 66.7 Å². The van der Waals surface area contributed by atoms with Crippen LogP contribution in [0.1, 0.15) is 20.7 Å². The van der Waals surface area contributed by atoms with Gasteiger partial charge in [-0.2, -0.15) is 0 Å². The Labute approximate surface area is 180 Å². The largest absolute Gasteiger partial charge is 0.513 e. The summed E-state index contributed by atoms with van der Waals surface area (Å²) >= 11 is 0. The highest BCUT2D eigenvalue weighted by molar-refractivity contribution is 5.92. The van der Waals surface area contributed by atoms with Gasteiger partial charge < -0.3 is 19.3 Å². The number of ether oxygens (including phenoxy) is 3. The molecular formula is C22H15NO9. The quantitative estimate of drug-likeness (QED) is 0.196. The molecule has 0 amide bonds. The van der Waals surface area contributed by atoms with Gasteiger partial charge in [0, 0.05) is 6.07 Å². The fourth-order valence-corrected chi connectivity index (χ4v) is 2.69. The number of nitrogens with zero attached hydrogens (tertiary/aromatic N) is 1. The molecule has 0 aliphatic carbocycles. The van der Waals surface area contributed by atoms with Gasteiger partial charge in [-0.3, -0.25) is 10.1 Å². The van der Waals surface area contributed by atoms with E-state index in [0.29, 0.717) is 0 Å². The van der Waals surface area contributed by atoms with E-state index >= 15 is 0 Å². The van der Waals surface area contributed by atoms with Gasteiger partial charge in [0.2, 0.25) is 5.75 Å². The standard InChI is InChI=1S/C22H15NO9/c1-30-22(27)32-19-11-8-16(12-18(19)23(28)29)21(26)31-17-9-6-14(7-10-17)13-2-4-15(5-3-13)20(24)25/h2-12H,1H3,(H,24,25). The third kappa shape index (κ3) is 5.05. The first kappa shape index (κ1) is 22.0. The van der Waals surface area contributed by atoms with Crippen LogP contribution in [0.25, 0.3) is 11.1 Å². The van der Waals surface area contributed by atoms with E-state index in [4.69, 9.17) is 14.6 Å². The molecule has 0 aliphatic rings. The molecule has 3 aromatic rings. The topological polar surface area (TPSA) is 142 Å². The molecule has 10 heteroatoms. The van der Waals surface area contributed by atoms with Crippen molar-refractivity contribution in [3.63, 3.8) is 0 Å². The summed E-state index contributed by atoms with van der Waals surface area (Å²) in [5.41, 5.74) is 0.968. The van der Waals surface area contributed by atoms with Crippen molar-refractivity contribution in [3.05, 3.63) is 88.0 Å². The Kier molecular flexibility index (Phi) is 6.44. The van der Waals surface area contributed by atoms with Gasteiger partial charge in [-0.25, -0.2) is 14.4 Å². The molecule has 0 atom stereocenters. The summed E-state index contributed by atoms with van der Waals surface area (Å²) in [5, 5.41) is 20.2. The van der Waals surface area contributed by atoms with Crippen LogP contribution in [0, 0.1) is 10.1 Å². The van der Waals surface area contributed by atoms with Crippen LogP contribution in [0.5, 0.6) is 11.5 Å². The Morgan fingerprint density at radius 3 is 1.94 bits per heavy atom. The molecule has 162 valence electrons. The number of esters is 1. The maximum atomic E-state index is 12.4. The minimum Gasteiger partial charge on any atom is -0.478 e. The van der Waals surface area contributed by atoms with E-state index in [1.54, 1.807) is 24.3 Å². The predicted molar refractivity (Wildman–Crippen MR) is 110 cm³/mol. The Hall–Kier alpha value is -4.73. The fourth-order valence-electron chi connectivity index (χ4n) is 2.69. The van der Waals surface area contributed by atoms with Crippen LogP contribution >= 0.6 is 0 Å².